The Kier molecular flexibility index (Phi) is 7.68. The number of ether oxygens (including phenoxy) is 2. The van der Waals surface area contributed by atoms with Crippen molar-refractivity contribution in [2.24, 2.45) is 0 Å². The van der Waals surface area contributed by atoms with Crippen molar-refractivity contribution in [3.05, 3.63) is 77.6 Å². The van der Waals surface area contributed by atoms with Gasteiger partial charge in [-0.05, 0) is 48.0 Å². The lowest BCUT2D eigenvalue weighted by Crippen LogP contribution is -2.37. The summed E-state index contributed by atoms with van der Waals surface area (Å²) in [6, 6.07) is 14.7. The summed E-state index contributed by atoms with van der Waals surface area (Å²) in [6.45, 7) is -0.426. The van der Waals surface area contributed by atoms with Crippen LogP contribution in [0.2, 0.25) is 5.02 Å². The molecule has 0 saturated heterocycles. The zero-order valence-corrected chi connectivity index (χ0v) is 19.1. The van der Waals surface area contributed by atoms with Gasteiger partial charge in [0.25, 0.3) is 0 Å². The Labute approximate surface area is 191 Å². The lowest BCUT2D eigenvalue weighted by Gasteiger charge is -2.22. The van der Waals surface area contributed by atoms with Crippen molar-refractivity contribution in [1.82, 2.24) is 9.29 Å². The molecule has 0 aliphatic heterocycles. The summed E-state index contributed by atoms with van der Waals surface area (Å²) in [7, 11) is -0.957. The quantitative estimate of drug-likeness (QED) is 0.508. The van der Waals surface area contributed by atoms with Crippen LogP contribution in [0.4, 0.5) is 5.69 Å². The minimum atomic E-state index is -3.99. The second kappa shape index (κ2) is 10.4. The normalized spacial score (nSPS) is 11.2. The van der Waals surface area contributed by atoms with Gasteiger partial charge in [-0.3, -0.25) is 9.78 Å². The Morgan fingerprint density at radius 3 is 2.44 bits per heavy atom. The number of anilines is 1. The molecule has 0 unspecified atom stereocenters. The van der Waals surface area contributed by atoms with E-state index in [0.717, 1.165) is 4.31 Å². The number of pyridine rings is 1. The third-order valence-corrected chi connectivity index (χ3v) is 6.62. The fourth-order valence-corrected chi connectivity index (χ4v) is 4.52. The van der Waals surface area contributed by atoms with Crippen LogP contribution in [0.5, 0.6) is 11.5 Å². The maximum Gasteiger partial charge on any atom is 0.245 e. The molecule has 0 aliphatic carbocycles. The van der Waals surface area contributed by atoms with Gasteiger partial charge in [0, 0.05) is 24.6 Å². The highest BCUT2D eigenvalue weighted by atomic mass is 35.5. The Bertz CT molecular complexity index is 1170. The first-order valence-corrected chi connectivity index (χ1v) is 11.3. The molecular weight excluding hydrogens is 454 g/mol. The maximum absolute atomic E-state index is 13.2. The van der Waals surface area contributed by atoms with Crippen LogP contribution >= 0.6 is 11.6 Å². The predicted octanol–water partition coefficient (Wildman–Crippen LogP) is 3.58. The zero-order valence-electron chi connectivity index (χ0n) is 17.5. The van der Waals surface area contributed by atoms with Crippen molar-refractivity contribution in [2.45, 2.75) is 11.4 Å². The van der Waals surface area contributed by atoms with E-state index in [2.05, 4.69) is 10.3 Å². The molecule has 3 aromatic rings. The first kappa shape index (κ1) is 23.5. The highest BCUT2D eigenvalue weighted by molar-refractivity contribution is 7.89. The molecule has 0 atom stereocenters. The molecule has 32 heavy (non-hydrogen) atoms. The van der Waals surface area contributed by atoms with Gasteiger partial charge in [-0.1, -0.05) is 23.7 Å². The van der Waals surface area contributed by atoms with Crippen LogP contribution < -0.4 is 14.8 Å². The fraction of sp³-hybridized carbons (Fsp3) is 0.182. The number of methoxy groups -OCH3 is 2. The summed E-state index contributed by atoms with van der Waals surface area (Å²) in [4.78, 5) is 16.6. The number of carbonyl (C=O) groups is 1. The van der Waals surface area contributed by atoms with Gasteiger partial charge in [-0.2, -0.15) is 4.31 Å². The Morgan fingerprint density at radius 2 is 1.84 bits per heavy atom. The van der Waals surface area contributed by atoms with Crippen LogP contribution in [0.25, 0.3) is 0 Å². The average Bonchev–Trinajstić information content (AvgIpc) is 2.80. The second-order valence-electron chi connectivity index (χ2n) is 6.71. The van der Waals surface area contributed by atoms with Crippen molar-refractivity contribution in [3.8, 4) is 11.5 Å². The van der Waals surface area contributed by atoms with Crippen LogP contribution in [0, 0.1) is 0 Å². The summed E-state index contributed by atoms with van der Waals surface area (Å²) in [5.74, 6) is 0.585. The maximum atomic E-state index is 13.2. The molecule has 0 spiro atoms. The number of hydrogen-bond acceptors (Lipinski definition) is 6. The van der Waals surface area contributed by atoms with Crippen molar-refractivity contribution >= 4 is 33.2 Å². The third-order valence-electron chi connectivity index (χ3n) is 4.55. The van der Waals surface area contributed by atoms with Gasteiger partial charge < -0.3 is 14.8 Å². The summed E-state index contributed by atoms with van der Waals surface area (Å²) < 4.78 is 37.8. The summed E-state index contributed by atoms with van der Waals surface area (Å²) in [5.41, 5.74) is 1.11. The highest BCUT2D eigenvalue weighted by Crippen LogP contribution is 2.27. The molecule has 0 aliphatic rings. The van der Waals surface area contributed by atoms with Crippen LogP contribution in [-0.2, 0) is 21.4 Å². The number of benzene rings is 2. The molecule has 1 aromatic heterocycles. The van der Waals surface area contributed by atoms with Gasteiger partial charge in [0.2, 0.25) is 15.9 Å². The number of hydrogen-bond donors (Lipinski definition) is 1. The minimum Gasteiger partial charge on any atom is -0.497 e. The number of nitrogens with zero attached hydrogens (tertiary/aromatic N) is 2. The molecule has 1 amide bonds. The number of halogens is 1. The molecule has 1 heterocycles. The predicted molar refractivity (Wildman–Crippen MR) is 121 cm³/mol. The van der Waals surface area contributed by atoms with Gasteiger partial charge in [0.15, 0.2) is 0 Å². The van der Waals surface area contributed by atoms with E-state index in [4.69, 9.17) is 21.1 Å². The van der Waals surface area contributed by atoms with E-state index in [-0.39, 0.29) is 11.4 Å². The van der Waals surface area contributed by atoms with Crippen LogP contribution in [0.3, 0.4) is 0 Å². The zero-order chi connectivity index (χ0) is 23.1. The molecule has 3 rings (SSSR count). The van der Waals surface area contributed by atoms with Gasteiger partial charge in [0.05, 0.1) is 25.8 Å². The number of aromatic nitrogens is 1. The molecule has 0 radical (unpaired) electrons. The standard InChI is InChI=1S/C22H22ClN3O5S/c1-30-18-8-5-16(6-9-18)14-26(32(28,29)19-4-3-11-24-13-19)15-22(27)25-17-7-10-21(31-2)20(23)12-17/h3-13H,14-15H2,1-2H3,(H,25,27). The Balaban J connectivity index is 1.84. The summed E-state index contributed by atoms with van der Waals surface area (Å²) in [6.07, 6.45) is 2.73. The first-order chi connectivity index (χ1) is 15.3. The number of nitrogens with one attached hydrogen (secondary N) is 1. The van der Waals surface area contributed by atoms with E-state index in [1.807, 2.05) is 0 Å². The largest absolute Gasteiger partial charge is 0.497 e. The lowest BCUT2D eigenvalue weighted by atomic mass is 10.2. The van der Waals surface area contributed by atoms with E-state index in [9.17, 15) is 13.2 Å². The SMILES string of the molecule is COc1ccc(CN(CC(=O)Nc2ccc(OC)c(Cl)c2)S(=O)(=O)c2cccnc2)cc1. The van der Waals surface area contributed by atoms with Crippen LogP contribution in [-0.4, -0.2) is 44.4 Å². The first-order valence-electron chi connectivity index (χ1n) is 9.50. The summed E-state index contributed by atoms with van der Waals surface area (Å²) >= 11 is 6.10. The highest BCUT2D eigenvalue weighted by Gasteiger charge is 2.27. The number of sulfonamides is 1. The summed E-state index contributed by atoms with van der Waals surface area (Å²) in [5, 5.41) is 2.99. The lowest BCUT2D eigenvalue weighted by molar-refractivity contribution is -0.116. The van der Waals surface area contributed by atoms with Crippen molar-refractivity contribution in [1.29, 1.82) is 0 Å². The van der Waals surface area contributed by atoms with Gasteiger partial charge in [0.1, 0.15) is 16.4 Å². The third kappa shape index (κ3) is 5.76. The Hall–Kier alpha value is -3.14. The van der Waals surface area contributed by atoms with E-state index in [0.29, 0.717) is 27.8 Å². The Morgan fingerprint density at radius 1 is 1.09 bits per heavy atom. The van der Waals surface area contributed by atoms with Gasteiger partial charge in [-0.15, -0.1) is 0 Å². The van der Waals surface area contributed by atoms with E-state index >= 15 is 0 Å². The molecule has 10 heteroatoms. The molecule has 8 nitrogen and oxygen atoms in total. The second-order valence-corrected chi connectivity index (χ2v) is 9.05. The van der Waals surface area contributed by atoms with Gasteiger partial charge >= 0.3 is 0 Å². The topological polar surface area (TPSA) is 97.8 Å². The van der Waals surface area contributed by atoms with E-state index < -0.39 is 22.5 Å². The van der Waals surface area contributed by atoms with E-state index in [1.165, 1.54) is 37.7 Å². The molecule has 2 aromatic carbocycles. The molecule has 0 fully saturated rings. The molecule has 0 bridgehead atoms. The minimum absolute atomic E-state index is 0.00574. The number of amides is 1. The molecular formula is C22H22ClN3O5S. The van der Waals surface area contributed by atoms with E-state index in [1.54, 1.807) is 43.5 Å². The number of rotatable bonds is 9. The van der Waals surface area contributed by atoms with Crippen molar-refractivity contribution in [3.63, 3.8) is 0 Å². The van der Waals surface area contributed by atoms with Crippen molar-refractivity contribution < 1.29 is 22.7 Å². The molecule has 0 saturated carbocycles. The van der Waals surface area contributed by atoms with Crippen LogP contribution in [0.15, 0.2) is 71.9 Å². The fourth-order valence-electron chi connectivity index (χ4n) is 2.91. The molecule has 168 valence electrons. The van der Waals surface area contributed by atoms with Gasteiger partial charge in [-0.25, -0.2) is 8.42 Å². The smallest absolute Gasteiger partial charge is 0.245 e. The van der Waals surface area contributed by atoms with Crippen molar-refractivity contribution in [2.75, 3.05) is 26.1 Å². The van der Waals surface area contributed by atoms with Crippen LogP contribution in [0.1, 0.15) is 5.56 Å². The monoisotopic (exact) mass is 475 g/mol. The molecule has 1 N–H and O–H groups in total. The average molecular weight is 476 g/mol. The number of carbonyl (C=O) groups excluding carboxylic acids is 1.